The van der Waals surface area contributed by atoms with Crippen molar-refractivity contribution >= 4 is 16.8 Å². The third kappa shape index (κ3) is 3.56. The smallest absolute Gasteiger partial charge is 0.328 e. The van der Waals surface area contributed by atoms with Crippen LogP contribution in [0.1, 0.15) is 30.0 Å². The van der Waals surface area contributed by atoms with Crippen LogP contribution in [0.2, 0.25) is 0 Å². The lowest BCUT2D eigenvalue weighted by atomic mass is 10.1. The number of carbonyl (C=O) groups is 1. The number of H-pyrrole nitrogens is 1. The van der Waals surface area contributed by atoms with Gasteiger partial charge in [-0.05, 0) is 48.2 Å². The summed E-state index contributed by atoms with van der Waals surface area (Å²) < 4.78 is 11.8. The highest BCUT2D eigenvalue weighted by atomic mass is 16.5. The fraction of sp³-hybridized carbons (Fsp3) is 0.318. The first kappa shape index (κ1) is 19.8. The maximum absolute atomic E-state index is 12.6. The average Bonchev–Trinajstić information content (AvgIpc) is 3.13. The van der Waals surface area contributed by atoms with E-state index in [0.717, 1.165) is 28.5 Å². The molecule has 1 aromatic heterocycles. The summed E-state index contributed by atoms with van der Waals surface area (Å²) in [4.78, 5) is 40.1. The number of hydrogen-bond donors (Lipinski definition) is 2. The minimum Gasteiger partial charge on any atom is -0.493 e. The predicted octanol–water partition coefficient (Wildman–Crippen LogP) is 1.90. The van der Waals surface area contributed by atoms with Crippen LogP contribution in [0, 0.1) is 0 Å². The summed E-state index contributed by atoms with van der Waals surface area (Å²) in [5.74, 6) is 1.06. The zero-order valence-corrected chi connectivity index (χ0v) is 16.9. The maximum Gasteiger partial charge on any atom is 0.328 e. The Hall–Kier alpha value is -3.55. The zero-order valence-electron chi connectivity index (χ0n) is 16.9. The number of hydrogen-bond acceptors (Lipinski definition) is 5. The van der Waals surface area contributed by atoms with Crippen LogP contribution in [0.4, 0.5) is 0 Å². The van der Waals surface area contributed by atoms with Crippen LogP contribution < -0.4 is 26.0 Å². The van der Waals surface area contributed by atoms with Crippen molar-refractivity contribution in [1.82, 2.24) is 14.9 Å². The molecule has 8 heteroatoms. The Labute approximate surface area is 172 Å². The number of rotatable bonds is 6. The van der Waals surface area contributed by atoms with Gasteiger partial charge in [0.25, 0.3) is 5.56 Å². The van der Waals surface area contributed by atoms with Gasteiger partial charge in [-0.25, -0.2) is 4.79 Å². The fourth-order valence-electron chi connectivity index (χ4n) is 3.96. The first-order chi connectivity index (χ1) is 14.5. The van der Waals surface area contributed by atoms with Gasteiger partial charge in [0.15, 0.2) is 11.5 Å². The predicted molar refractivity (Wildman–Crippen MR) is 112 cm³/mol. The molecule has 0 bridgehead atoms. The molecule has 30 heavy (non-hydrogen) atoms. The van der Waals surface area contributed by atoms with E-state index < -0.39 is 11.2 Å². The molecular weight excluding hydrogens is 386 g/mol. The number of aromatic amines is 1. The highest BCUT2D eigenvalue weighted by Crippen LogP contribution is 2.39. The molecule has 2 aromatic carbocycles. The standard InChI is InChI=1S/C22H23N3O5/c1-29-18-11-13-7-8-17(15(13)12-19(18)30-2)23-20(26)9-10-25-21(27)14-5-3-4-6-16(14)24-22(25)28/h3-6,11-12,17H,7-10H2,1-2H3,(H,23,26)(H,24,28)/t17-/m1/s1. The molecule has 1 amide bonds. The van der Waals surface area contributed by atoms with Gasteiger partial charge in [-0.2, -0.15) is 0 Å². The molecule has 1 atom stereocenters. The summed E-state index contributed by atoms with van der Waals surface area (Å²) in [6.07, 6.45) is 1.62. The van der Waals surface area contributed by atoms with Crippen molar-refractivity contribution in [3.8, 4) is 11.5 Å². The second-order valence-corrected chi connectivity index (χ2v) is 7.25. The van der Waals surface area contributed by atoms with Gasteiger partial charge < -0.3 is 19.8 Å². The molecule has 0 aliphatic heterocycles. The van der Waals surface area contributed by atoms with E-state index in [-0.39, 0.29) is 24.9 Å². The highest BCUT2D eigenvalue weighted by molar-refractivity contribution is 5.78. The largest absolute Gasteiger partial charge is 0.493 e. The van der Waals surface area contributed by atoms with E-state index in [1.54, 1.807) is 38.5 Å². The number of methoxy groups -OCH3 is 2. The van der Waals surface area contributed by atoms with Gasteiger partial charge in [0.05, 0.1) is 31.2 Å². The Bertz CT molecular complexity index is 1230. The van der Waals surface area contributed by atoms with E-state index in [2.05, 4.69) is 10.3 Å². The van der Waals surface area contributed by atoms with Crippen LogP contribution in [0.15, 0.2) is 46.0 Å². The molecule has 1 aliphatic rings. The molecule has 0 fully saturated rings. The number of nitrogens with zero attached hydrogens (tertiary/aromatic N) is 1. The first-order valence-corrected chi connectivity index (χ1v) is 9.78. The van der Waals surface area contributed by atoms with E-state index in [1.165, 1.54) is 0 Å². The van der Waals surface area contributed by atoms with Crippen molar-refractivity contribution in [3.63, 3.8) is 0 Å². The molecule has 2 N–H and O–H groups in total. The van der Waals surface area contributed by atoms with Crippen LogP contribution in [0.25, 0.3) is 10.9 Å². The van der Waals surface area contributed by atoms with Crippen molar-refractivity contribution in [2.24, 2.45) is 0 Å². The van der Waals surface area contributed by atoms with E-state index in [4.69, 9.17) is 9.47 Å². The molecule has 0 saturated heterocycles. The second kappa shape index (κ2) is 8.06. The third-order valence-corrected chi connectivity index (χ3v) is 5.51. The van der Waals surface area contributed by atoms with E-state index in [1.807, 2.05) is 12.1 Å². The number of aromatic nitrogens is 2. The normalized spacial score (nSPS) is 15.1. The molecule has 0 unspecified atom stereocenters. The summed E-state index contributed by atoms with van der Waals surface area (Å²) in [7, 11) is 3.17. The Kier molecular flexibility index (Phi) is 5.31. The van der Waals surface area contributed by atoms with Crippen LogP contribution in [-0.2, 0) is 17.8 Å². The van der Waals surface area contributed by atoms with Gasteiger partial charge >= 0.3 is 5.69 Å². The number of benzene rings is 2. The SMILES string of the molecule is COc1cc2c(cc1OC)[C@H](NC(=O)CCn1c(=O)[nH]c3ccccc3c1=O)CC2. The van der Waals surface area contributed by atoms with E-state index in [9.17, 15) is 14.4 Å². The van der Waals surface area contributed by atoms with Crippen LogP contribution in [0.5, 0.6) is 11.5 Å². The summed E-state index contributed by atoms with van der Waals surface area (Å²) in [6.45, 7) is 0.0103. The average molecular weight is 409 g/mol. The van der Waals surface area contributed by atoms with Crippen LogP contribution in [0.3, 0.4) is 0 Å². The minimum atomic E-state index is -0.519. The van der Waals surface area contributed by atoms with Gasteiger partial charge in [0, 0.05) is 13.0 Å². The minimum absolute atomic E-state index is 0.0103. The molecular formula is C22H23N3O5. The maximum atomic E-state index is 12.6. The zero-order chi connectivity index (χ0) is 21.3. The molecule has 1 aliphatic carbocycles. The number of amides is 1. The molecule has 8 nitrogen and oxygen atoms in total. The molecule has 156 valence electrons. The summed E-state index contributed by atoms with van der Waals surface area (Å²) in [5.41, 5.74) is 1.68. The molecule has 1 heterocycles. The monoisotopic (exact) mass is 409 g/mol. The van der Waals surface area contributed by atoms with Crippen LogP contribution in [-0.4, -0.2) is 29.7 Å². The van der Waals surface area contributed by atoms with E-state index >= 15 is 0 Å². The lowest BCUT2D eigenvalue weighted by Crippen LogP contribution is -2.37. The first-order valence-electron chi connectivity index (χ1n) is 9.78. The van der Waals surface area contributed by atoms with E-state index in [0.29, 0.717) is 22.4 Å². The Morgan fingerprint density at radius 2 is 1.90 bits per heavy atom. The van der Waals surface area contributed by atoms with Gasteiger partial charge in [-0.15, -0.1) is 0 Å². The number of ether oxygens (including phenoxy) is 2. The summed E-state index contributed by atoms with van der Waals surface area (Å²) >= 11 is 0. The second-order valence-electron chi connectivity index (χ2n) is 7.25. The van der Waals surface area contributed by atoms with Crippen molar-refractivity contribution in [3.05, 3.63) is 68.4 Å². The number of nitrogens with one attached hydrogen (secondary N) is 2. The number of carbonyl (C=O) groups excluding carboxylic acids is 1. The lowest BCUT2D eigenvalue weighted by molar-refractivity contribution is -0.122. The molecule has 0 spiro atoms. The molecule has 0 saturated carbocycles. The number of fused-ring (bicyclic) bond motifs is 2. The van der Waals surface area contributed by atoms with Gasteiger partial charge in [-0.3, -0.25) is 14.2 Å². The highest BCUT2D eigenvalue weighted by Gasteiger charge is 2.26. The van der Waals surface area contributed by atoms with Gasteiger partial charge in [-0.1, -0.05) is 12.1 Å². The Morgan fingerprint density at radius 3 is 2.67 bits per heavy atom. The molecule has 0 radical (unpaired) electrons. The summed E-state index contributed by atoms with van der Waals surface area (Å²) in [5, 5.41) is 3.43. The van der Waals surface area contributed by atoms with Crippen molar-refractivity contribution in [1.29, 1.82) is 0 Å². The van der Waals surface area contributed by atoms with Crippen molar-refractivity contribution < 1.29 is 14.3 Å². The quantitative estimate of drug-likeness (QED) is 0.647. The molecule has 3 aromatic rings. The lowest BCUT2D eigenvalue weighted by Gasteiger charge is -2.16. The third-order valence-electron chi connectivity index (χ3n) is 5.51. The topological polar surface area (TPSA) is 102 Å². The number of aryl methyl sites for hydroxylation is 1. The number of para-hydroxylation sites is 1. The Balaban J connectivity index is 1.48. The molecule has 4 rings (SSSR count). The van der Waals surface area contributed by atoms with Crippen molar-refractivity contribution in [2.45, 2.75) is 31.8 Å². The summed E-state index contributed by atoms with van der Waals surface area (Å²) in [6, 6.07) is 10.5. The van der Waals surface area contributed by atoms with Gasteiger partial charge in [0.1, 0.15) is 0 Å². The van der Waals surface area contributed by atoms with Gasteiger partial charge in [0.2, 0.25) is 5.91 Å². The fourth-order valence-corrected chi connectivity index (χ4v) is 3.96. The van der Waals surface area contributed by atoms with Crippen LogP contribution >= 0.6 is 0 Å². The Morgan fingerprint density at radius 1 is 1.17 bits per heavy atom. The van der Waals surface area contributed by atoms with Crippen molar-refractivity contribution in [2.75, 3.05) is 14.2 Å².